The second kappa shape index (κ2) is 7.90. The first-order chi connectivity index (χ1) is 11.6. The predicted octanol–water partition coefficient (Wildman–Crippen LogP) is 0.797. The maximum absolute atomic E-state index is 12.8. The summed E-state index contributed by atoms with van der Waals surface area (Å²) in [4.78, 5) is 17.0. The molecular weight excluding hydrogens is 304 g/mol. The van der Waals surface area contributed by atoms with Crippen LogP contribution in [0.25, 0.3) is 0 Å². The molecule has 2 aliphatic heterocycles. The summed E-state index contributed by atoms with van der Waals surface area (Å²) in [6.45, 7) is 7.69. The number of carbonyl (C=O) groups excluding carboxylic acids is 1. The molecule has 3 rings (SSSR count). The lowest BCUT2D eigenvalue weighted by Crippen LogP contribution is -2.47. The van der Waals surface area contributed by atoms with Gasteiger partial charge in [0.1, 0.15) is 6.04 Å². The third-order valence-electron chi connectivity index (χ3n) is 4.73. The number of hydrogen-bond donors (Lipinski definition) is 2. The number of carbonyl (C=O) groups is 1. The van der Waals surface area contributed by atoms with Crippen molar-refractivity contribution in [3.05, 3.63) is 18.3 Å². The van der Waals surface area contributed by atoms with Gasteiger partial charge in [-0.2, -0.15) is 5.10 Å². The third kappa shape index (κ3) is 4.21. The molecule has 1 amide bonds. The summed E-state index contributed by atoms with van der Waals surface area (Å²) in [5.74, 6) is 1.75. The Bertz CT molecular complexity index is 537. The van der Waals surface area contributed by atoms with E-state index < -0.39 is 0 Å². The molecule has 132 valence electrons. The average Bonchev–Trinajstić information content (AvgIpc) is 2.90. The van der Waals surface area contributed by atoms with Crippen LogP contribution >= 0.6 is 0 Å². The fourth-order valence-corrected chi connectivity index (χ4v) is 3.56. The van der Waals surface area contributed by atoms with Crippen molar-refractivity contribution in [2.45, 2.75) is 45.2 Å². The van der Waals surface area contributed by atoms with Crippen molar-refractivity contribution < 1.29 is 4.79 Å². The molecule has 1 aromatic rings. The molecule has 0 aliphatic carbocycles. The molecular formula is C17H28N6O. The molecule has 0 saturated carbocycles. The molecule has 2 saturated heterocycles. The topological polar surface area (TPSA) is 73.4 Å². The first-order valence-corrected chi connectivity index (χ1v) is 8.96. The Hall–Kier alpha value is -1.73. The fraction of sp³-hybridized carbons (Fsp3) is 0.706. The highest BCUT2D eigenvalue weighted by Crippen LogP contribution is 2.17. The molecule has 7 nitrogen and oxygen atoms in total. The van der Waals surface area contributed by atoms with Gasteiger partial charge in [0.25, 0.3) is 0 Å². The van der Waals surface area contributed by atoms with Gasteiger partial charge in [0.15, 0.2) is 5.82 Å². The van der Waals surface area contributed by atoms with E-state index in [1.54, 1.807) is 6.20 Å². The van der Waals surface area contributed by atoms with Crippen molar-refractivity contribution in [3.8, 4) is 0 Å². The third-order valence-corrected chi connectivity index (χ3v) is 4.73. The summed E-state index contributed by atoms with van der Waals surface area (Å²) < 4.78 is 0. The smallest absolute Gasteiger partial charge is 0.241 e. The molecule has 24 heavy (non-hydrogen) atoms. The Balaban J connectivity index is 1.53. The highest BCUT2D eigenvalue weighted by molar-refractivity contribution is 5.82. The Morgan fingerprint density at radius 1 is 1.29 bits per heavy atom. The molecule has 2 N–H and O–H groups in total. The number of hydrogen-bond acceptors (Lipinski definition) is 6. The number of nitrogens with one attached hydrogen (secondary N) is 2. The molecule has 3 heterocycles. The molecule has 2 fully saturated rings. The van der Waals surface area contributed by atoms with E-state index in [9.17, 15) is 4.79 Å². The van der Waals surface area contributed by atoms with Crippen LogP contribution in [0.3, 0.4) is 0 Å². The molecule has 7 heteroatoms. The lowest BCUT2D eigenvalue weighted by molar-refractivity contribution is -0.133. The van der Waals surface area contributed by atoms with Crippen LogP contribution in [0.1, 0.15) is 33.1 Å². The number of amides is 1. The van der Waals surface area contributed by atoms with E-state index in [4.69, 9.17) is 0 Å². The first kappa shape index (κ1) is 17.1. The first-order valence-electron chi connectivity index (χ1n) is 8.96. The monoisotopic (exact) mass is 332 g/mol. The molecule has 0 spiro atoms. The Labute approximate surface area is 143 Å². The minimum Gasteiger partial charge on any atom is -0.353 e. The number of nitrogens with zero attached hydrogens (tertiary/aromatic N) is 4. The second-order valence-corrected chi connectivity index (χ2v) is 7.15. The van der Waals surface area contributed by atoms with Gasteiger partial charge in [0.2, 0.25) is 5.91 Å². The highest BCUT2D eigenvalue weighted by Gasteiger charge is 2.33. The zero-order chi connectivity index (χ0) is 16.9. The van der Waals surface area contributed by atoms with Gasteiger partial charge in [0.05, 0.1) is 0 Å². The molecule has 0 bridgehead atoms. The van der Waals surface area contributed by atoms with Crippen molar-refractivity contribution in [3.63, 3.8) is 0 Å². The number of aromatic nitrogens is 2. The van der Waals surface area contributed by atoms with Crippen LogP contribution in [-0.4, -0.2) is 59.3 Å². The summed E-state index contributed by atoms with van der Waals surface area (Å²) in [7, 11) is 0. The van der Waals surface area contributed by atoms with E-state index in [-0.39, 0.29) is 11.9 Å². The lowest BCUT2D eigenvalue weighted by atomic mass is 9.99. The predicted molar refractivity (Wildman–Crippen MR) is 93.4 cm³/mol. The number of anilines is 1. The van der Waals surface area contributed by atoms with E-state index in [0.717, 1.165) is 51.3 Å². The van der Waals surface area contributed by atoms with E-state index in [1.807, 2.05) is 17.0 Å². The molecule has 2 unspecified atom stereocenters. The van der Waals surface area contributed by atoms with Gasteiger partial charge < -0.3 is 9.80 Å². The molecule has 2 atom stereocenters. The van der Waals surface area contributed by atoms with Gasteiger partial charge in [-0.15, -0.1) is 5.10 Å². The van der Waals surface area contributed by atoms with Crippen LogP contribution in [0.2, 0.25) is 0 Å². The summed E-state index contributed by atoms with van der Waals surface area (Å²) in [6.07, 6.45) is 4.61. The van der Waals surface area contributed by atoms with Crippen molar-refractivity contribution in [1.29, 1.82) is 0 Å². The standard InChI is InChI=1S/C17H28N6O/c1-13(2)11-14-12-15(20-19-14)17(24)23-8-4-7-22(9-10-23)16-5-3-6-18-21-16/h3,5-6,13-15,19-20H,4,7-12H2,1-2H3. The SMILES string of the molecule is CC(C)CC1CC(C(=O)N2CCCN(c3cccnn3)CC2)NN1. The Morgan fingerprint density at radius 3 is 2.92 bits per heavy atom. The quantitative estimate of drug-likeness (QED) is 0.849. The van der Waals surface area contributed by atoms with E-state index >= 15 is 0 Å². The van der Waals surface area contributed by atoms with E-state index in [2.05, 4.69) is 39.8 Å². The van der Waals surface area contributed by atoms with Crippen LogP contribution < -0.4 is 15.8 Å². The van der Waals surface area contributed by atoms with Gasteiger partial charge in [-0.25, -0.2) is 5.43 Å². The highest BCUT2D eigenvalue weighted by atomic mass is 16.2. The van der Waals surface area contributed by atoms with Crippen molar-refractivity contribution in [1.82, 2.24) is 25.9 Å². The van der Waals surface area contributed by atoms with Gasteiger partial charge in [0, 0.05) is 38.4 Å². The van der Waals surface area contributed by atoms with Crippen molar-refractivity contribution >= 4 is 11.7 Å². The van der Waals surface area contributed by atoms with Crippen LogP contribution in [0.5, 0.6) is 0 Å². The van der Waals surface area contributed by atoms with Crippen LogP contribution in [0.4, 0.5) is 5.82 Å². The van der Waals surface area contributed by atoms with Crippen molar-refractivity contribution in [2.75, 3.05) is 31.1 Å². The van der Waals surface area contributed by atoms with Crippen LogP contribution in [0, 0.1) is 5.92 Å². The minimum absolute atomic E-state index is 0.100. The van der Waals surface area contributed by atoms with Gasteiger partial charge in [-0.3, -0.25) is 10.2 Å². The number of hydrazine groups is 1. The zero-order valence-electron chi connectivity index (χ0n) is 14.6. The number of rotatable bonds is 4. The largest absolute Gasteiger partial charge is 0.353 e. The Kier molecular flexibility index (Phi) is 5.63. The van der Waals surface area contributed by atoms with E-state index in [1.165, 1.54) is 0 Å². The molecule has 1 aromatic heterocycles. The maximum atomic E-state index is 12.8. The van der Waals surface area contributed by atoms with Gasteiger partial charge in [-0.1, -0.05) is 13.8 Å². The summed E-state index contributed by atoms with van der Waals surface area (Å²) >= 11 is 0. The van der Waals surface area contributed by atoms with Crippen LogP contribution in [-0.2, 0) is 4.79 Å². The summed E-state index contributed by atoms with van der Waals surface area (Å²) in [5.41, 5.74) is 6.48. The fourth-order valence-electron chi connectivity index (χ4n) is 3.56. The lowest BCUT2D eigenvalue weighted by Gasteiger charge is -2.24. The summed E-state index contributed by atoms with van der Waals surface area (Å²) in [6, 6.07) is 4.17. The molecule has 2 aliphatic rings. The van der Waals surface area contributed by atoms with Gasteiger partial charge in [-0.05, 0) is 37.3 Å². The zero-order valence-corrected chi connectivity index (χ0v) is 14.6. The minimum atomic E-state index is -0.100. The average molecular weight is 332 g/mol. The molecule has 0 aromatic carbocycles. The van der Waals surface area contributed by atoms with Crippen LogP contribution in [0.15, 0.2) is 18.3 Å². The normalized spacial score (nSPS) is 25.1. The van der Waals surface area contributed by atoms with Gasteiger partial charge >= 0.3 is 0 Å². The summed E-state index contributed by atoms with van der Waals surface area (Å²) in [5, 5.41) is 8.13. The maximum Gasteiger partial charge on any atom is 0.241 e. The molecule has 0 radical (unpaired) electrons. The Morgan fingerprint density at radius 2 is 2.17 bits per heavy atom. The second-order valence-electron chi connectivity index (χ2n) is 7.15. The van der Waals surface area contributed by atoms with E-state index in [0.29, 0.717) is 12.0 Å². The van der Waals surface area contributed by atoms with Crippen molar-refractivity contribution in [2.24, 2.45) is 5.92 Å².